The van der Waals surface area contributed by atoms with E-state index in [2.05, 4.69) is 62.4 Å². The molecule has 3 atom stereocenters. The zero-order chi connectivity index (χ0) is 27.8. The summed E-state index contributed by atoms with van der Waals surface area (Å²) in [5.74, 6) is 1.49. The number of nitrogens with zero attached hydrogens (tertiary/aromatic N) is 6. The van der Waals surface area contributed by atoms with Crippen LogP contribution in [0.2, 0.25) is 0 Å². The van der Waals surface area contributed by atoms with Gasteiger partial charge in [-0.05, 0) is 64.8 Å². The molecule has 0 unspecified atom stereocenters. The molecule has 0 amide bonds. The van der Waals surface area contributed by atoms with E-state index in [1.165, 1.54) is 59.9 Å². The Morgan fingerprint density at radius 1 is 0.868 bits per heavy atom. The number of fused-ring (bicyclic) bond motifs is 3. The SMILES string of the molecule is CC(=N\O)/C(C)=N/O.CC(=N\O)/C(C)=N/O.[CH2-][C@@H]1CCC[C@]2(C)c3cccn3CC[C@@H]12.[Co].c1ccncc1. The summed E-state index contributed by atoms with van der Waals surface area (Å²) in [7, 11) is 0. The Kier molecular flexibility index (Phi) is 16.6. The number of aromatic nitrogens is 2. The summed E-state index contributed by atoms with van der Waals surface area (Å²) in [6.45, 7) is 14.2. The average molecular weight is 573 g/mol. The Labute approximate surface area is 236 Å². The van der Waals surface area contributed by atoms with E-state index < -0.39 is 0 Å². The number of rotatable bonds is 2. The Morgan fingerprint density at radius 3 is 1.76 bits per heavy atom. The molecule has 3 heterocycles. The van der Waals surface area contributed by atoms with Gasteiger partial charge >= 0.3 is 0 Å². The van der Waals surface area contributed by atoms with Crippen LogP contribution in [-0.2, 0) is 28.7 Å². The van der Waals surface area contributed by atoms with Gasteiger partial charge in [0.1, 0.15) is 22.8 Å². The summed E-state index contributed by atoms with van der Waals surface area (Å²) in [5, 5.41) is 43.3. The molecule has 1 saturated carbocycles. The van der Waals surface area contributed by atoms with Crippen LogP contribution in [0.1, 0.15) is 66.0 Å². The molecule has 0 spiro atoms. The van der Waals surface area contributed by atoms with E-state index in [0.717, 1.165) is 5.92 Å². The van der Waals surface area contributed by atoms with Crippen molar-refractivity contribution in [3.05, 3.63) is 61.5 Å². The zero-order valence-electron chi connectivity index (χ0n) is 22.8. The fraction of sp³-hybridized carbons (Fsp3) is 0.481. The molecule has 10 nitrogen and oxygen atoms in total. The van der Waals surface area contributed by atoms with Gasteiger partial charge in [-0.25, -0.2) is 0 Å². The number of hydrogen-bond donors (Lipinski definition) is 4. The second-order valence-corrected chi connectivity index (χ2v) is 9.32. The standard InChI is InChI=1S/C14H20N.C5H5N.2C4H8N2O2.Co/c1-11-5-3-8-14(2)12(11)7-10-15-9-4-6-13(14)15;1-2-4-6-5-3-1;2*1-3(5-7)4(2)6-8;/h4,6,9,11-12H,1,3,5,7-8,10H2,2H3;1-5H;2*7-8H,1-2H3;/q-1;;;;/b;;2*5-3+,6-4+;/t11-,12+,14+;;;;/m1..../s1. The summed E-state index contributed by atoms with van der Waals surface area (Å²) in [6.07, 6.45) is 11.1. The van der Waals surface area contributed by atoms with Gasteiger partial charge in [-0.3, -0.25) is 4.98 Å². The van der Waals surface area contributed by atoms with E-state index in [-0.39, 0.29) is 16.8 Å². The van der Waals surface area contributed by atoms with Crippen molar-refractivity contribution >= 4 is 22.8 Å². The van der Waals surface area contributed by atoms with Crippen LogP contribution in [0.3, 0.4) is 0 Å². The summed E-state index contributed by atoms with van der Waals surface area (Å²) >= 11 is 0. The first-order valence-corrected chi connectivity index (χ1v) is 12.2. The van der Waals surface area contributed by atoms with Crippen molar-refractivity contribution in [1.29, 1.82) is 0 Å². The van der Waals surface area contributed by atoms with Crippen LogP contribution in [0.15, 0.2) is 69.5 Å². The largest absolute Gasteiger partial charge is 0.411 e. The average Bonchev–Trinajstić information content (AvgIpc) is 3.44. The predicted octanol–water partition coefficient (Wildman–Crippen LogP) is 5.85. The molecule has 2 aliphatic rings. The fourth-order valence-corrected chi connectivity index (χ4v) is 4.52. The van der Waals surface area contributed by atoms with E-state index in [1.54, 1.807) is 18.1 Å². The molecule has 1 fully saturated rings. The van der Waals surface area contributed by atoms with Gasteiger partial charge in [-0.2, -0.15) is 5.92 Å². The Hall–Kier alpha value is -3.18. The van der Waals surface area contributed by atoms with Crippen molar-refractivity contribution in [2.45, 2.75) is 72.3 Å². The topological polar surface area (TPSA) is 148 Å². The van der Waals surface area contributed by atoms with Gasteiger partial charge < -0.3 is 32.3 Å². The fourth-order valence-electron chi connectivity index (χ4n) is 4.52. The van der Waals surface area contributed by atoms with Crippen molar-refractivity contribution in [3.63, 3.8) is 0 Å². The molecule has 11 heteroatoms. The molecule has 0 bridgehead atoms. The normalized spacial score (nSPS) is 22.9. The maximum Gasteiger partial charge on any atom is 0.101 e. The Bertz CT molecular complexity index is 964. The maximum absolute atomic E-state index is 8.03. The van der Waals surface area contributed by atoms with E-state index in [0.29, 0.717) is 34.2 Å². The monoisotopic (exact) mass is 572 g/mol. The Balaban J connectivity index is 0.000000516. The Morgan fingerprint density at radius 2 is 1.37 bits per heavy atom. The van der Waals surface area contributed by atoms with Crippen molar-refractivity contribution in [3.8, 4) is 0 Å². The third kappa shape index (κ3) is 10.3. The molecule has 4 N–H and O–H groups in total. The molecule has 2 aromatic rings. The van der Waals surface area contributed by atoms with Crippen LogP contribution in [0.4, 0.5) is 0 Å². The molecular formula is C27H41CoN6O4-. The molecule has 213 valence electrons. The molecule has 2 aromatic heterocycles. The van der Waals surface area contributed by atoms with Gasteiger partial charge in [-0.15, -0.1) is 0 Å². The second-order valence-electron chi connectivity index (χ2n) is 9.32. The second kappa shape index (κ2) is 18.1. The van der Waals surface area contributed by atoms with Gasteiger partial charge in [0, 0.05) is 53.0 Å². The smallest absolute Gasteiger partial charge is 0.101 e. The van der Waals surface area contributed by atoms with Crippen LogP contribution >= 0.6 is 0 Å². The van der Waals surface area contributed by atoms with E-state index >= 15 is 0 Å². The van der Waals surface area contributed by atoms with Crippen LogP contribution in [0, 0.1) is 18.8 Å². The van der Waals surface area contributed by atoms with Crippen LogP contribution in [0.5, 0.6) is 0 Å². The number of oxime groups is 4. The third-order valence-electron chi connectivity index (χ3n) is 6.97. The minimum Gasteiger partial charge on any atom is -0.411 e. The van der Waals surface area contributed by atoms with Gasteiger partial charge in [-0.1, -0.05) is 52.4 Å². The zero-order valence-corrected chi connectivity index (χ0v) is 23.9. The van der Waals surface area contributed by atoms with Crippen molar-refractivity contribution in [1.82, 2.24) is 9.55 Å². The summed E-state index contributed by atoms with van der Waals surface area (Å²) < 4.78 is 2.45. The summed E-state index contributed by atoms with van der Waals surface area (Å²) in [4.78, 5) is 3.78. The molecule has 0 aromatic carbocycles. The first kappa shape index (κ1) is 34.8. The molecule has 1 aliphatic heterocycles. The van der Waals surface area contributed by atoms with Crippen LogP contribution < -0.4 is 0 Å². The molecular weight excluding hydrogens is 531 g/mol. The minimum atomic E-state index is 0. The molecule has 1 aliphatic carbocycles. The van der Waals surface area contributed by atoms with Crippen LogP contribution in [-0.4, -0.2) is 53.2 Å². The number of hydrogen-bond acceptors (Lipinski definition) is 9. The van der Waals surface area contributed by atoms with Gasteiger partial charge in [0.25, 0.3) is 0 Å². The predicted molar refractivity (Wildman–Crippen MR) is 146 cm³/mol. The molecule has 1 radical (unpaired) electrons. The number of aryl methyl sites for hydroxylation is 1. The first-order chi connectivity index (χ1) is 17.7. The van der Waals surface area contributed by atoms with Gasteiger partial charge in [0.05, 0.1) is 0 Å². The van der Waals surface area contributed by atoms with Gasteiger partial charge in [0.15, 0.2) is 0 Å². The van der Waals surface area contributed by atoms with Crippen molar-refractivity contribution < 1.29 is 37.6 Å². The quantitative estimate of drug-likeness (QED) is 0.154. The van der Waals surface area contributed by atoms with Crippen molar-refractivity contribution in [2.24, 2.45) is 32.5 Å². The van der Waals surface area contributed by atoms with E-state index in [9.17, 15) is 0 Å². The molecule has 38 heavy (non-hydrogen) atoms. The van der Waals surface area contributed by atoms with Gasteiger partial charge in [0.2, 0.25) is 0 Å². The van der Waals surface area contributed by atoms with E-state index in [1.807, 2.05) is 18.2 Å². The summed E-state index contributed by atoms with van der Waals surface area (Å²) in [5.41, 5.74) is 3.22. The minimum absolute atomic E-state index is 0. The van der Waals surface area contributed by atoms with Crippen LogP contribution in [0.25, 0.3) is 0 Å². The molecule has 4 rings (SSSR count). The first-order valence-electron chi connectivity index (χ1n) is 12.2. The number of pyridine rings is 1. The third-order valence-corrected chi connectivity index (χ3v) is 6.97. The summed E-state index contributed by atoms with van der Waals surface area (Å²) in [6, 6.07) is 10.2. The van der Waals surface area contributed by atoms with E-state index in [4.69, 9.17) is 20.8 Å². The maximum atomic E-state index is 8.03. The van der Waals surface area contributed by atoms with Crippen molar-refractivity contribution in [2.75, 3.05) is 0 Å². The molecule has 0 saturated heterocycles.